The molecule has 1 N–H and O–H groups in total. The van der Waals surface area contributed by atoms with E-state index in [1.54, 1.807) is 0 Å². The first-order valence-corrected chi connectivity index (χ1v) is 7.17. The molecule has 0 radical (unpaired) electrons. The van der Waals surface area contributed by atoms with Crippen LogP contribution in [0.4, 0.5) is 0 Å². The van der Waals surface area contributed by atoms with Crippen LogP contribution in [0.3, 0.4) is 0 Å². The van der Waals surface area contributed by atoms with Gasteiger partial charge in [0.1, 0.15) is 0 Å². The van der Waals surface area contributed by atoms with E-state index >= 15 is 0 Å². The van der Waals surface area contributed by atoms with E-state index in [4.69, 9.17) is 4.52 Å². The summed E-state index contributed by atoms with van der Waals surface area (Å²) in [5.41, 5.74) is 2.21. The summed E-state index contributed by atoms with van der Waals surface area (Å²) < 4.78 is 7.20. The molecule has 2 aromatic rings. The number of nitrogens with zero attached hydrogens (tertiary/aromatic N) is 4. The Hall–Kier alpha value is -1.66. The average molecular weight is 291 g/mol. The van der Waals surface area contributed by atoms with Crippen LogP contribution in [-0.4, -0.2) is 32.4 Å². The van der Waals surface area contributed by atoms with Crippen molar-refractivity contribution in [1.29, 1.82) is 0 Å². The minimum atomic E-state index is 0.0796. The third-order valence-corrected chi connectivity index (χ3v) is 3.04. The minimum Gasteiger partial charge on any atom is -0.360 e. The van der Waals surface area contributed by atoms with Crippen molar-refractivity contribution in [3.63, 3.8) is 0 Å². The lowest BCUT2D eigenvalue weighted by molar-refractivity contribution is 0.265. The molecule has 0 unspecified atom stereocenters. The van der Waals surface area contributed by atoms with Crippen molar-refractivity contribution in [2.45, 2.75) is 45.9 Å². The van der Waals surface area contributed by atoms with Crippen molar-refractivity contribution >= 4 is 0 Å². The third kappa shape index (κ3) is 5.32. The highest BCUT2D eigenvalue weighted by Gasteiger charge is 2.12. The highest BCUT2D eigenvalue weighted by atomic mass is 16.5. The Morgan fingerprint density at radius 3 is 2.71 bits per heavy atom. The van der Waals surface area contributed by atoms with Crippen LogP contribution < -0.4 is 5.32 Å². The maximum Gasteiger partial charge on any atom is 0.151 e. The fraction of sp³-hybridized carbons (Fsp3) is 0.600. The van der Waals surface area contributed by atoms with E-state index in [-0.39, 0.29) is 5.54 Å². The predicted octanol–water partition coefficient (Wildman–Crippen LogP) is 1.93. The van der Waals surface area contributed by atoms with Crippen LogP contribution in [-0.2, 0) is 26.7 Å². The Kier molecular flexibility index (Phi) is 4.80. The van der Waals surface area contributed by atoms with Crippen LogP contribution in [0.1, 0.15) is 37.8 Å². The minimum absolute atomic E-state index is 0.0796. The molecular formula is C15H25N5O. The molecule has 6 heteroatoms. The van der Waals surface area contributed by atoms with Crippen LogP contribution in [0.2, 0.25) is 0 Å². The average Bonchev–Trinajstić information content (AvgIpc) is 2.95. The lowest BCUT2D eigenvalue weighted by Gasteiger charge is -2.19. The fourth-order valence-electron chi connectivity index (χ4n) is 2.06. The van der Waals surface area contributed by atoms with Gasteiger partial charge < -0.3 is 9.84 Å². The van der Waals surface area contributed by atoms with Gasteiger partial charge in [-0.25, -0.2) is 0 Å². The Labute approximate surface area is 126 Å². The number of nitrogens with one attached hydrogen (secondary N) is 1. The molecule has 0 atom stereocenters. The van der Waals surface area contributed by atoms with Crippen molar-refractivity contribution in [3.8, 4) is 0 Å². The zero-order valence-electron chi connectivity index (χ0n) is 13.6. The molecule has 2 rings (SSSR count). The lowest BCUT2D eigenvalue weighted by Crippen LogP contribution is -2.35. The maximum atomic E-state index is 5.39. The van der Waals surface area contributed by atoms with Crippen molar-refractivity contribution in [3.05, 3.63) is 35.5 Å². The summed E-state index contributed by atoms with van der Waals surface area (Å²) in [5.74, 6) is 0.882. The van der Waals surface area contributed by atoms with Gasteiger partial charge in [-0.3, -0.25) is 9.58 Å². The summed E-state index contributed by atoms with van der Waals surface area (Å²) in [4.78, 5) is 2.18. The number of aromatic nitrogens is 3. The van der Waals surface area contributed by atoms with Gasteiger partial charge in [-0.2, -0.15) is 5.10 Å². The lowest BCUT2D eigenvalue weighted by atomic mass is 10.1. The van der Waals surface area contributed by atoms with Crippen LogP contribution in [0.5, 0.6) is 0 Å². The Bertz CT molecular complexity index is 567. The smallest absolute Gasteiger partial charge is 0.151 e. The summed E-state index contributed by atoms with van der Waals surface area (Å²) in [6.07, 6.45) is 3.91. The van der Waals surface area contributed by atoms with E-state index in [0.29, 0.717) is 0 Å². The molecule has 0 spiro atoms. The van der Waals surface area contributed by atoms with Crippen LogP contribution in [0.25, 0.3) is 0 Å². The summed E-state index contributed by atoms with van der Waals surface area (Å²) in [5, 5.41) is 11.7. The van der Waals surface area contributed by atoms with E-state index in [1.165, 1.54) is 5.56 Å². The molecule has 116 valence electrons. The molecule has 21 heavy (non-hydrogen) atoms. The predicted molar refractivity (Wildman–Crippen MR) is 81.5 cm³/mol. The topological polar surface area (TPSA) is 59.1 Å². The van der Waals surface area contributed by atoms with Gasteiger partial charge in [0.2, 0.25) is 0 Å². The van der Waals surface area contributed by atoms with Gasteiger partial charge in [0.25, 0.3) is 0 Å². The number of aryl methyl sites for hydroxylation is 1. The second-order valence-electron chi connectivity index (χ2n) is 6.58. The first-order valence-electron chi connectivity index (χ1n) is 7.17. The number of hydrogen-bond donors (Lipinski definition) is 1. The number of rotatable bonds is 6. The van der Waals surface area contributed by atoms with Crippen molar-refractivity contribution in [1.82, 2.24) is 25.2 Å². The molecule has 0 saturated heterocycles. The molecule has 6 nitrogen and oxygen atoms in total. The standard InChI is InChI=1S/C15H25N5O/c1-15(2,3)16-8-13-6-14(21-18-13)11-19(4)9-12-7-17-20(5)10-12/h6-7,10,16H,8-9,11H2,1-5H3. The van der Waals surface area contributed by atoms with Gasteiger partial charge in [0.05, 0.1) is 18.4 Å². The first-order chi connectivity index (χ1) is 9.82. The molecule has 0 aliphatic carbocycles. The van der Waals surface area contributed by atoms with E-state index in [2.05, 4.69) is 48.3 Å². The van der Waals surface area contributed by atoms with Crippen LogP contribution in [0.15, 0.2) is 23.0 Å². The molecule has 2 heterocycles. The van der Waals surface area contributed by atoms with Crippen molar-refractivity contribution < 1.29 is 4.52 Å². The second kappa shape index (κ2) is 6.41. The largest absolute Gasteiger partial charge is 0.360 e. The molecule has 0 saturated carbocycles. The van der Waals surface area contributed by atoms with Crippen molar-refractivity contribution in [2.75, 3.05) is 7.05 Å². The zero-order chi connectivity index (χ0) is 15.5. The van der Waals surface area contributed by atoms with E-state index in [1.807, 2.05) is 30.2 Å². The summed E-state index contributed by atoms with van der Waals surface area (Å²) in [7, 11) is 3.98. The highest BCUT2D eigenvalue weighted by molar-refractivity contribution is 5.07. The van der Waals surface area contributed by atoms with Gasteiger partial charge in [0, 0.05) is 43.5 Å². The summed E-state index contributed by atoms with van der Waals surface area (Å²) in [6.45, 7) is 8.70. The monoisotopic (exact) mass is 291 g/mol. The molecule has 0 aliphatic heterocycles. The maximum absolute atomic E-state index is 5.39. The Morgan fingerprint density at radius 1 is 1.33 bits per heavy atom. The summed E-state index contributed by atoms with van der Waals surface area (Å²) >= 11 is 0. The van der Waals surface area contributed by atoms with Gasteiger partial charge in [-0.1, -0.05) is 5.16 Å². The Balaban J connectivity index is 1.84. The van der Waals surface area contributed by atoms with Gasteiger partial charge >= 0.3 is 0 Å². The van der Waals surface area contributed by atoms with Gasteiger partial charge in [0.15, 0.2) is 5.76 Å². The molecule has 0 bridgehead atoms. The van der Waals surface area contributed by atoms with Gasteiger partial charge in [-0.05, 0) is 27.8 Å². The Morgan fingerprint density at radius 2 is 2.10 bits per heavy atom. The molecule has 0 amide bonds. The second-order valence-corrected chi connectivity index (χ2v) is 6.58. The quantitative estimate of drug-likeness (QED) is 0.881. The molecular weight excluding hydrogens is 266 g/mol. The molecule has 2 aromatic heterocycles. The van der Waals surface area contributed by atoms with Crippen LogP contribution >= 0.6 is 0 Å². The SMILES string of the molecule is CN(Cc1cnn(C)c1)Cc1cc(CNC(C)(C)C)no1. The van der Waals surface area contributed by atoms with E-state index in [9.17, 15) is 0 Å². The fourth-order valence-corrected chi connectivity index (χ4v) is 2.06. The van der Waals surface area contributed by atoms with Crippen molar-refractivity contribution in [2.24, 2.45) is 7.05 Å². The van der Waals surface area contributed by atoms with E-state index in [0.717, 1.165) is 31.1 Å². The molecule has 0 fully saturated rings. The van der Waals surface area contributed by atoms with E-state index < -0.39 is 0 Å². The zero-order valence-corrected chi connectivity index (χ0v) is 13.6. The first kappa shape index (κ1) is 15.7. The van der Waals surface area contributed by atoms with Gasteiger partial charge in [-0.15, -0.1) is 0 Å². The summed E-state index contributed by atoms with van der Waals surface area (Å²) in [6, 6.07) is 2.01. The number of hydrogen-bond acceptors (Lipinski definition) is 5. The highest BCUT2D eigenvalue weighted by Crippen LogP contribution is 2.10. The molecule has 0 aliphatic rings. The van der Waals surface area contributed by atoms with Crippen LogP contribution in [0, 0.1) is 0 Å². The normalized spacial score (nSPS) is 12.3. The molecule has 0 aromatic carbocycles. The third-order valence-electron chi connectivity index (χ3n) is 3.04.